The molecular formula is C19H18N2O2S. The average Bonchev–Trinajstić information content (AvgIpc) is 2.91. The number of benzene rings is 2. The van der Waals surface area contributed by atoms with Crippen molar-refractivity contribution in [2.45, 2.75) is 13.5 Å². The Morgan fingerprint density at radius 3 is 2.92 bits per heavy atom. The fraction of sp³-hybridized carbons (Fsp3) is 0.158. The van der Waals surface area contributed by atoms with Crippen molar-refractivity contribution in [3.05, 3.63) is 71.0 Å². The predicted molar refractivity (Wildman–Crippen MR) is 97.6 cm³/mol. The van der Waals surface area contributed by atoms with E-state index < -0.39 is 0 Å². The molecule has 24 heavy (non-hydrogen) atoms. The normalized spacial score (nSPS) is 11.7. The molecule has 3 rings (SSSR count). The van der Waals surface area contributed by atoms with Gasteiger partial charge in [-0.1, -0.05) is 29.5 Å². The molecule has 0 aliphatic rings. The number of amides is 1. The van der Waals surface area contributed by atoms with Crippen molar-refractivity contribution in [1.82, 2.24) is 4.57 Å². The highest BCUT2D eigenvalue weighted by molar-refractivity contribution is 7.16. The molecule has 0 N–H and O–H groups in total. The molecule has 0 atom stereocenters. The Labute approximate surface area is 144 Å². The van der Waals surface area contributed by atoms with Crippen LogP contribution in [0.15, 0.2) is 60.1 Å². The second-order valence-corrected chi connectivity index (χ2v) is 6.41. The van der Waals surface area contributed by atoms with E-state index in [-0.39, 0.29) is 5.91 Å². The molecule has 0 unspecified atom stereocenters. The minimum absolute atomic E-state index is 0.282. The number of fused-ring (bicyclic) bond motifs is 1. The molecular weight excluding hydrogens is 320 g/mol. The van der Waals surface area contributed by atoms with Gasteiger partial charge in [-0.15, -0.1) is 6.58 Å². The lowest BCUT2D eigenvalue weighted by Gasteiger charge is -2.02. The number of allylic oxidation sites excluding steroid dienone is 1. The van der Waals surface area contributed by atoms with Gasteiger partial charge in [0.15, 0.2) is 4.80 Å². The van der Waals surface area contributed by atoms with Crippen LogP contribution in [-0.4, -0.2) is 17.6 Å². The van der Waals surface area contributed by atoms with E-state index in [1.807, 2.05) is 4.57 Å². The van der Waals surface area contributed by atoms with Crippen LogP contribution >= 0.6 is 11.3 Å². The smallest absolute Gasteiger partial charge is 0.279 e. The van der Waals surface area contributed by atoms with E-state index >= 15 is 0 Å². The van der Waals surface area contributed by atoms with E-state index in [9.17, 15) is 4.79 Å². The highest BCUT2D eigenvalue weighted by atomic mass is 32.1. The molecule has 0 saturated carbocycles. The fourth-order valence-electron chi connectivity index (χ4n) is 2.48. The maximum atomic E-state index is 12.5. The fourth-order valence-corrected chi connectivity index (χ4v) is 3.61. The van der Waals surface area contributed by atoms with Gasteiger partial charge in [0, 0.05) is 12.1 Å². The second-order valence-electron chi connectivity index (χ2n) is 5.40. The number of aromatic nitrogens is 1. The summed E-state index contributed by atoms with van der Waals surface area (Å²) in [6.07, 6.45) is 1.81. The second kappa shape index (κ2) is 6.84. The number of ether oxygens (including phenoxy) is 1. The number of hydrogen-bond donors (Lipinski definition) is 0. The minimum atomic E-state index is -0.282. The van der Waals surface area contributed by atoms with Crippen LogP contribution in [0.2, 0.25) is 0 Å². The number of rotatable bonds is 4. The first-order chi connectivity index (χ1) is 11.6. The molecule has 3 aromatic rings. The molecule has 1 amide bonds. The van der Waals surface area contributed by atoms with Gasteiger partial charge < -0.3 is 9.30 Å². The summed E-state index contributed by atoms with van der Waals surface area (Å²) in [7, 11) is 1.58. The van der Waals surface area contributed by atoms with Gasteiger partial charge in [-0.25, -0.2) is 0 Å². The zero-order valence-corrected chi connectivity index (χ0v) is 14.5. The highest BCUT2D eigenvalue weighted by Crippen LogP contribution is 2.19. The van der Waals surface area contributed by atoms with Crippen LogP contribution in [0.1, 0.15) is 15.9 Å². The van der Waals surface area contributed by atoms with Gasteiger partial charge in [-0.3, -0.25) is 4.79 Å². The number of nitrogens with zero attached hydrogens (tertiary/aromatic N) is 2. The standard InChI is InChI=1S/C19H18N2O2S/c1-4-10-21-16-9-8-13(2)11-17(16)24-19(21)20-18(22)14-6-5-7-15(12-14)23-3/h4-9,11-12H,1,10H2,2-3H3. The lowest BCUT2D eigenvalue weighted by atomic mass is 10.2. The van der Waals surface area contributed by atoms with Gasteiger partial charge in [0.2, 0.25) is 0 Å². The Balaban J connectivity index is 2.12. The van der Waals surface area contributed by atoms with Gasteiger partial charge in [0.1, 0.15) is 5.75 Å². The predicted octanol–water partition coefficient (Wildman–Crippen LogP) is 3.95. The van der Waals surface area contributed by atoms with E-state index in [1.54, 1.807) is 37.5 Å². The number of carbonyl (C=O) groups excluding carboxylic acids is 1. The lowest BCUT2D eigenvalue weighted by Crippen LogP contribution is -2.16. The maximum Gasteiger partial charge on any atom is 0.279 e. The molecule has 0 fully saturated rings. The number of aryl methyl sites for hydroxylation is 1. The monoisotopic (exact) mass is 338 g/mol. The number of carbonyl (C=O) groups is 1. The summed E-state index contributed by atoms with van der Waals surface area (Å²) in [6.45, 7) is 6.46. The Hall–Kier alpha value is -2.66. The highest BCUT2D eigenvalue weighted by Gasteiger charge is 2.09. The number of hydrogen-bond acceptors (Lipinski definition) is 3. The van der Waals surface area contributed by atoms with E-state index in [4.69, 9.17) is 4.74 Å². The van der Waals surface area contributed by atoms with Gasteiger partial charge in [0.25, 0.3) is 5.91 Å². The van der Waals surface area contributed by atoms with Crippen molar-refractivity contribution < 1.29 is 9.53 Å². The van der Waals surface area contributed by atoms with E-state index in [1.165, 1.54) is 16.9 Å². The van der Waals surface area contributed by atoms with Crippen LogP contribution in [0.4, 0.5) is 0 Å². The van der Waals surface area contributed by atoms with E-state index in [0.717, 1.165) is 10.2 Å². The topological polar surface area (TPSA) is 43.6 Å². The molecule has 0 radical (unpaired) electrons. The van der Waals surface area contributed by atoms with E-state index in [0.29, 0.717) is 22.7 Å². The number of methoxy groups -OCH3 is 1. The van der Waals surface area contributed by atoms with Gasteiger partial charge >= 0.3 is 0 Å². The zero-order chi connectivity index (χ0) is 17.1. The third kappa shape index (κ3) is 3.16. The number of thiazole rings is 1. The molecule has 0 aliphatic heterocycles. The van der Waals surface area contributed by atoms with Crippen LogP contribution in [-0.2, 0) is 6.54 Å². The minimum Gasteiger partial charge on any atom is -0.497 e. The summed E-state index contributed by atoms with van der Waals surface area (Å²) in [4.78, 5) is 17.5. The average molecular weight is 338 g/mol. The van der Waals surface area contributed by atoms with E-state index in [2.05, 4.69) is 36.7 Å². The lowest BCUT2D eigenvalue weighted by molar-refractivity contribution is 0.0997. The summed E-state index contributed by atoms with van der Waals surface area (Å²) in [5.41, 5.74) is 2.75. The molecule has 5 heteroatoms. The van der Waals surface area contributed by atoms with Crippen LogP contribution in [0, 0.1) is 6.92 Å². The van der Waals surface area contributed by atoms with Crippen molar-refractivity contribution in [3.63, 3.8) is 0 Å². The Kier molecular flexibility index (Phi) is 4.62. The largest absolute Gasteiger partial charge is 0.497 e. The first-order valence-corrected chi connectivity index (χ1v) is 8.38. The quantitative estimate of drug-likeness (QED) is 0.676. The summed E-state index contributed by atoms with van der Waals surface area (Å²) in [5.74, 6) is 0.358. The van der Waals surface area contributed by atoms with Crippen LogP contribution in [0.3, 0.4) is 0 Å². The molecule has 0 bridgehead atoms. The first-order valence-electron chi connectivity index (χ1n) is 7.56. The third-order valence-electron chi connectivity index (χ3n) is 3.66. The Bertz CT molecular complexity index is 982. The molecule has 122 valence electrons. The summed E-state index contributed by atoms with van der Waals surface area (Å²) >= 11 is 1.51. The zero-order valence-electron chi connectivity index (χ0n) is 13.7. The molecule has 0 spiro atoms. The molecule has 1 heterocycles. The molecule has 4 nitrogen and oxygen atoms in total. The van der Waals surface area contributed by atoms with Crippen LogP contribution in [0.5, 0.6) is 5.75 Å². The Morgan fingerprint density at radius 1 is 1.33 bits per heavy atom. The van der Waals surface area contributed by atoms with Crippen molar-refractivity contribution in [2.24, 2.45) is 4.99 Å². The molecule has 0 aliphatic carbocycles. The van der Waals surface area contributed by atoms with Crippen LogP contribution < -0.4 is 9.54 Å². The first kappa shape index (κ1) is 16.2. The molecule has 1 aromatic heterocycles. The van der Waals surface area contributed by atoms with Crippen molar-refractivity contribution >= 4 is 27.5 Å². The summed E-state index contributed by atoms with van der Waals surface area (Å²) in [6, 6.07) is 13.2. The SMILES string of the molecule is C=CCn1c(=NC(=O)c2cccc(OC)c2)sc2cc(C)ccc21. The third-order valence-corrected chi connectivity index (χ3v) is 4.70. The van der Waals surface area contributed by atoms with Gasteiger partial charge in [-0.05, 0) is 42.8 Å². The van der Waals surface area contributed by atoms with Gasteiger partial charge in [-0.2, -0.15) is 4.99 Å². The van der Waals surface area contributed by atoms with Crippen molar-refractivity contribution in [3.8, 4) is 5.75 Å². The summed E-state index contributed by atoms with van der Waals surface area (Å²) in [5, 5.41) is 0. The maximum absolute atomic E-state index is 12.5. The van der Waals surface area contributed by atoms with Gasteiger partial charge in [0.05, 0.1) is 17.3 Å². The Morgan fingerprint density at radius 2 is 2.17 bits per heavy atom. The van der Waals surface area contributed by atoms with Crippen molar-refractivity contribution in [1.29, 1.82) is 0 Å². The molecule has 0 saturated heterocycles. The molecule has 2 aromatic carbocycles. The summed E-state index contributed by atoms with van der Waals surface area (Å²) < 4.78 is 8.28. The van der Waals surface area contributed by atoms with Crippen LogP contribution in [0.25, 0.3) is 10.2 Å². The van der Waals surface area contributed by atoms with Crippen molar-refractivity contribution in [2.75, 3.05) is 7.11 Å².